The van der Waals surface area contributed by atoms with Gasteiger partial charge in [0.05, 0.1) is 28.8 Å². The van der Waals surface area contributed by atoms with E-state index in [1.54, 1.807) is 6.20 Å². The van der Waals surface area contributed by atoms with Crippen molar-refractivity contribution in [1.82, 2.24) is 34.2 Å². The van der Waals surface area contributed by atoms with Crippen molar-refractivity contribution >= 4 is 41.1 Å². The van der Waals surface area contributed by atoms with E-state index in [1.807, 2.05) is 43.5 Å². The van der Waals surface area contributed by atoms with Gasteiger partial charge in [0.1, 0.15) is 6.54 Å². The van der Waals surface area contributed by atoms with Crippen LogP contribution >= 0.6 is 0 Å². The van der Waals surface area contributed by atoms with Crippen LogP contribution in [0.25, 0.3) is 16.9 Å². The molecule has 2 saturated carbocycles. The fourth-order valence-electron chi connectivity index (χ4n) is 5.33. The van der Waals surface area contributed by atoms with Crippen LogP contribution in [0, 0.1) is 19.8 Å². The number of pyridine rings is 1. The number of carbonyl (C=O) groups excluding carboxylic acids is 3. The molecule has 1 saturated heterocycles. The van der Waals surface area contributed by atoms with Gasteiger partial charge in [0.2, 0.25) is 23.7 Å². The lowest BCUT2D eigenvalue weighted by Gasteiger charge is -2.17. The van der Waals surface area contributed by atoms with Crippen molar-refractivity contribution in [3.8, 4) is 11.3 Å². The number of hydrogen-bond donors (Lipinski definition) is 2. The molecule has 2 N–H and O–H groups in total. The van der Waals surface area contributed by atoms with Gasteiger partial charge in [0.15, 0.2) is 5.65 Å². The number of imide groups is 1. The minimum atomic E-state index is -0.353. The molecule has 7 rings (SSSR count). The molecule has 0 bridgehead atoms. The van der Waals surface area contributed by atoms with Crippen molar-refractivity contribution in [3.63, 3.8) is 0 Å². The molecule has 1 aliphatic heterocycles. The Hall–Kier alpha value is -4.94. The van der Waals surface area contributed by atoms with Gasteiger partial charge in [0.25, 0.3) is 0 Å². The molecule has 1 atom stereocenters. The number of anilines is 3. The number of aryl methyl sites for hydroxylation is 2. The van der Waals surface area contributed by atoms with Gasteiger partial charge in [-0.1, -0.05) is 0 Å². The number of carbonyl (C=O) groups is 3. The van der Waals surface area contributed by atoms with E-state index in [9.17, 15) is 14.4 Å². The SMILES string of the molecule is Cc1cc(-c2cnc(NC(=O)C3CC3)nc2C)nc(N[C@H](C)c2cn3cc(C4CC4)cc(N4CC(=O)N(C)C4=O)c3n2)n1. The van der Waals surface area contributed by atoms with Crippen molar-refractivity contribution < 1.29 is 14.4 Å². The van der Waals surface area contributed by atoms with Crippen molar-refractivity contribution in [2.24, 2.45) is 5.92 Å². The maximum Gasteiger partial charge on any atom is 0.331 e. The molecule has 43 heavy (non-hydrogen) atoms. The third-order valence-corrected chi connectivity index (χ3v) is 8.18. The first-order chi connectivity index (χ1) is 20.6. The van der Waals surface area contributed by atoms with E-state index in [4.69, 9.17) is 9.97 Å². The molecule has 4 aromatic rings. The number of nitrogens with one attached hydrogen (secondary N) is 2. The van der Waals surface area contributed by atoms with Crippen LogP contribution in [-0.4, -0.2) is 65.7 Å². The fraction of sp³-hybridized carbons (Fsp3) is 0.400. The summed E-state index contributed by atoms with van der Waals surface area (Å²) in [5.41, 5.74) is 5.96. The summed E-state index contributed by atoms with van der Waals surface area (Å²) in [6, 6.07) is 3.23. The Bertz CT molecular complexity index is 1810. The van der Waals surface area contributed by atoms with E-state index in [0.29, 0.717) is 40.5 Å². The van der Waals surface area contributed by atoms with Crippen molar-refractivity contribution in [2.45, 2.75) is 58.4 Å². The van der Waals surface area contributed by atoms with Gasteiger partial charge in [-0.25, -0.2) is 29.7 Å². The Balaban J connectivity index is 1.16. The van der Waals surface area contributed by atoms with E-state index >= 15 is 0 Å². The number of imidazole rings is 1. The van der Waals surface area contributed by atoms with Gasteiger partial charge >= 0.3 is 6.03 Å². The van der Waals surface area contributed by atoms with Gasteiger partial charge < -0.3 is 9.72 Å². The number of hydrogen-bond acceptors (Lipinski definition) is 9. The second kappa shape index (κ2) is 10.1. The van der Waals surface area contributed by atoms with E-state index in [-0.39, 0.29) is 36.3 Å². The normalized spacial score (nSPS) is 17.6. The second-order valence-electron chi connectivity index (χ2n) is 11.7. The number of nitrogens with zero attached hydrogens (tertiary/aromatic N) is 8. The van der Waals surface area contributed by atoms with E-state index in [1.165, 1.54) is 11.9 Å². The molecule has 13 nitrogen and oxygen atoms in total. The van der Waals surface area contributed by atoms with Crippen molar-refractivity contribution in [1.29, 1.82) is 0 Å². The largest absolute Gasteiger partial charge is 0.346 e. The van der Waals surface area contributed by atoms with E-state index < -0.39 is 0 Å². The second-order valence-corrected chi connectivity index (χ2v) is 11.7. The number of aromatic nitrogens is 6. The van der Waals surface area contributed by atoms with Crippen LogP contribution in [0.5, 0.6) is 0 Å². The van der Waals surface area contributed by atoms with Gasteiger partial charge in [-0.15, -0.1) is 0 Å². The smallest absolute Gasteiger partial charge is 0.331 e. The van der Waals surface area contributed by atoms with Crippen LogP contribution in [0.4, 0.5) is 22.4 Å². The summed E-state index contributed by atoms with van der Waals surface area (Å²) in [4.78, 5) is 63.0. The zero-order valence-electron chi connectivity index (χ0n) is 24.5. The molecule has 0 radical (unpaired) electrons. The van der Waals surface area contributed by atoms with Crippen LogP contribution in [0.1, 0.15) is 67.2 Å². The van der Waals surface area contributed by atoms with Crippen LogP contribution < -0.4 is 15.5 Å². The summed E-state index contributed by atoms with van der Waals surface area (Å²) < 4.78 is 1.94. The molecule has 5 heterocycles. The Morgan fingerprint density at radius 1 is 1.00 bits per heavy atom. The van der Waals surface area contributed by atoms with Crippen molar-refractivity contribution in [2.75, 3.05) is 29.1 Å². The summed E-state index contributed by atoms with van der Waals surface area (Å²) in [7, 11) is 1.50. The predicted octanol–water partition coefficient (Wildman–Crippen LogP) is 4.00. The molecular formula is C30H32N10O3. The first kappa shape index (κ1) is 26.9. The standard InChI is InChI=1S/C30H32N10O3/c1-15-9-22(21-11-31-28(33-16(21)2)37-27(42)19-7-8-19)36-29(32-15)34-17(3)23-13-39-12-20(18-5-6-18)10-24(26(39)35-23)40-14-25(41)38(4)30(40)43/h9-13,17-19H,5-8,14H2,1-4H3,(H,32,34,36)(H,31,33,37,42)/t17-/m1/s1. The third-order valence-electron chi connectivity index (χ3n) is 8.18. The van der Waals surface area contributed by atoms with Crippen LogP contribution in [0.15, 0.2) is 30.7 Å². The molecule has 4 amide bonds. The minimum absolute atomic E-state index is 0.00792. The molecule has 0 aromatic carbocycles. The maximum absolute atomic E-state index is 12.9. The zero-order valence-corrected chi connectivity index (χ0v) is 24.5. The molecule has 2 aliphatic carbocycles. The van der Waals surface area contributed by atoms with E-state index in [0.717, 1.165) is 53.1 Å². The highest BCUT2D eigenvalue weighted by molar-refractivity contribution is 6.13. The Kier molecular flexibility index (Phi) is 6.33. The van der Waals surface area contributed by atoms with Crippen LogP contribution in [-0.2, 0) is 9.59 Å². The lowest BCUT2D eigenvalue weighted by Crippen LogP contribution is -2.30. The van der Waals surface area contributed by atoms with Gasteiger partial charge in [0, 0.05) is 42.8 Å². The molecule has 0 spiro atoms. The summed E-state index contributed by atoms with van der Waals surface area (Å²) in [6.07, 6.45) is 9.70. The number of amides is 4. The molecule has 13 heteroatoms. The lowest BCUT2D eigenvalue weighted by molar-refractivity contribution is -0.124. The number of rotatable bonds is 8. The Morgan fingerprint density at radius 3 is 2.47 bits per heavy atom. The molecule has 0 unspecified atom stereocenters. The Labute approximate surface area is 247 Å². The topological polar surface area (TPSA) is 151 Å². The first-order valence-corrected chi connectivity index (χ1v) is 14.5. The predicted molar refractivity (Wildman–Crippen MR) is 159 cm³/mol. The molecule has 3 fully saturated rings. The minimum Gasteiger partial charge on any atom is -0.346 e. The average molecular weight is 581 g/mol. The molecule has 3 aliphatic rings. The van der Waals surface area contributed by atoms with Crippen molar-refractivity contribution in [3.05, 3.63) is 53.4 Å². The highest BCUT2D eigenvalue weighted by atomic mass is 16.2. The zero-order chi connectivity index (χ0) is 30.0. The highest BCUT2D eigenvalue weighted by Gasteiger charge is 2.37. The van der Waals surface area contributed by atoms with Gasteiger partial charge in [-0.3, -0.25) is 24.7 Å². The molecule has 220 valence electrons. The average Bonchev–Trinajstić information content (AvgIpc) is 3.90. The lowest BCUT2D eigenvalue weighted by atomic mass is 10.1. The number of fused-ring (bicyclic) bond motifs is 1. The molecular weight excluding hydrogens is 548 g/mol. The van der Waals surface area contributed by atoms with Crippen LogP contribution in [0.3, 0.4) is 0 Å². The quantitative estimate of drug-likeness (QED) is 0.295. The fourth-order valence-corrected chi connectivity index (χ4v) is 5.33. The number of likely N-dealkylation sites (N-methyl/N-ethyl adjacent to an activating group) is 1. The van der Waals surface area contributed by atoms with Crippen LogP contribution in [0.2, 0.25) is 0 Å². The maximum atomic E-state index is 12.9. The summed E-state index contributed by atoms with van der Waals surface area (Å²) in [6.45, 7) is 5.71. The number of urea groups is 1. The van der Waals surface area contributed by atoms with E-state index in [2.05, 4.69) is 31.8 Å². The monoisotopic (exact) mass is 580 g/mol. The summed E-state index contributed by atoms with van der Waals surface area (Å²) in [5, 5.41) is 6.16. The molecule has 4 aromatic heterocycles. The van der Waals surface area contributed by atoms with Gasteiger partial charge in [-0.05, 0) is 70.1 Å². The first-order valence-electron chi connectivity index (χ1n) is 14.5. The van der Waals surface area contributed by atoms with Gasteiger partial charge in [-0.2, -0.15) is 0 Å². The summed E-state index contributed by atoms with van der Waals surface area (Å²) >= 11 is 0. The summed E-state index contributed by atoms with van der Waals surface area (Å²) in [5.74, 6) is 0.945. The highest BCUT2D eigenvalue weighted by Crippen LogP contribution is 2.42. The Morgan fingerprint density at radius 2 is 1.79 bits per heavy atom. The third kappa shape index (κ3) is 5.15.